The smallest absolute Gasteiger partial charge is 0.0494 e. The van der Waals surface area contributed by atoms with Crippen molar-refractivity contribution in [1.29, 1.82) is 0 Å². The first kappa shape index (κ1) is 8.04. The van der Waals surface area contributed by atoms with Crippen LogP contribution in [0.2, 0.25) is 0 Å². The minimum absolute atomic E-state index is 0.553. The van der Waals surface area contributed by atoms with Crippen LogP contribution in [0.1, 0.15) is 5.56 Å². The van der Waals surface area contributed by atoms with Gasteiger partial charge in [0.2, 0.25) is 0 Å². The fraction of sp³-hybridized carbons (Fsp3) is 0. The van der Waals surface area contributed by atoms with E-state index in [-0.39, 0.29) is 0 Å². The van der Waals surface area contributed by atoms with Crippen molar-refractivity contribution >= 4 is 11.4 Å². The number of nitrogen functional groups attached to an aromatic ring is 2. The SMILES string of the molecule is C#CC#Cc1ccc(N)cc1N. The van der Waals surface area contributed by atoms with Gasteiger partial charge in [-0.1, -0.05) is 5.92 Å². The molecule has 0 spiro atoms. The van der Waals surface area contributed by atoms with E-state index in [2.05, 4.69) is 17.8 Å². The van der Waals surface area contributed by atoms with Crippen molar-refractivity contribution in [1.82, 2.24) is 0 Å². The van der Waals surface area contributed by atoms with E-state index in [9.17, 15) is 0 Å². The third-order valence-corrected chi connectivity index (χ3v) is 1.34. The van der Waals surface area contributed by atoms with Crippen LogP contribution in [-0.2, 0) is 0 Å². The van der Waals surface area contributed by atoms with Crippen LogP contribution >= 0.6 is 0 Å². The predicted octanol–water partition coefficient (Wildman–Crippen LogP) is 0.836. The van der Waals surface area contributed by atoms with Crippen molar-refractivity contribution < 1.29 is 0 Å². The second-order valence-corrected chi connectivity index (χ2v) is 2.24. The summed E-state index contributed by atoms with van der Waals surface area (Å²) < 4.78 is 0. The Balaban J connectivity index is 3.12. The summed E-state index contributed by atoms with van der Waals surface area (Å²) >= 11 is 0. The molecule has 1 aromatic rings. The van der Waals surface area contributed by atoms with E-state index in [0.29, 0.717) is 16.9 Å². The largest absolute Gasteiger partial charge is 0.399 e. The Hall–Kier alpha value is -2.06. The van der Waals surface area contributed by atoms with E-state index in [4.69, 9.17) is 17.9 Å². The van der Waals surface area contributed by atoms with Crippen LogP contribution in [0.3, 0.4) is 0 Å². The average Bonchev–Trinajstić information content (AvgIpc) is 2.03. The van der Waals surface area contributed by atoms with Crippen molar-refractivity contribution in [2.75, 3.05) is 11.5 Å². The Morgan fingerprint density at radius 2 is 2.00 bits per heavy atom. The lowest BCUT2D eigenvalue weighted by Crippen LogP contribution is -1.92. The number of terminal acetylenes is 1. The van der Waals surface area contributed by atoms with E-state index >= 15 is 0 Å². The number of benzene rings is 1. The van der Waals surface area contributed by atoms with Crippen LogP contribution in [0.25, 0.3) is 0 Å². The van der Waals surface area contributed by atoms with Crippen LogP contribution in [0.5, 0.6) is 0 Å². The summed E-state index contributed by atoms with van der Waals surface area (Å²) in [4.78, 5) is 0. The summed E-state index contributed by atoms with van der Waals surface area (Å²) in [5.41, 5.74) is 13.0. The minimum Gasteiger partial charge on any atom is -0.399 e. The van der Waals surface area contributed by atoms with Crippen LogP contribution in [0.15, 0.2) is 18.2 Å². The third-order valence-electron chi connectivity index (χ3n) is 1.34. The Morgan fingerprint density at radius 3 is 2.58 bits per heavy atom. The third kappa shape index (κ3) is 1.71. The molecule has 0 aliphatic heterocycles. The zero-order chi connectivity index (χ0) is 8.97. The number of anilines is 2. The van der Waals surface area contributed by atoms with Crippen LogP contribution < -0.4 is 11.5 Å². The predicted molar refractivity (Wildman–Crippen MR) is 51.0 cm³/mol. The van der Waals surface area contributed by atoms with Crippen molar-refractivity contribution in [2.24, 2.45) is 0 Å². The van der Waals surface area contributed by atoms with Gasteiger partial charge >= 0.3 is 0 Å². The Labute approximate surface area is 71.6 Å². The van der Waals surface area contributed by atoms with Crippen molar-refractivity contribution in [3.05, 3.63) is 23.8 Å². The number of rotatable bonds is 0. The van der Waals surface area contributed by atoms with Gasteiger partial charge in [0.25, 0.3) is 0 Å². The average molecular weight is 156 g/mol. The summed E-state index contributed by atoms with van der Waals surface area (Å²) in [5.74, 6) is 7.42. The number of hydrogen-bond acceptors (Lipinski definition) is 2. The minimum atomic E-state index is 0.553. The Kier molecular flexibility index (Phi) is 2.26. The fourth-order valence-corrected chi connectivity index (χ4v) is 0.798. The first-order valence-electron chi connectivity index (χ1n) is 3.35. The molecule has 0 saturated heterocycles. The maximum Gasteiger partial charge on any atom is 0.0494 e. The molecule has 0 aromatic heterocycles. The summed E-state index contributed by atoms with van der Waals surface area (Å²) in [6.45, 7) is 0. The molecule has 0 heterocycles. The molecule has 2 nitrogen and oxygen atoms in total. The van der Waals surface area contributed by atoms with E-state index in [1.165, 1.54) is 0 Å². The van der Waals surface area contributed by atoms with Gasteiger partial charge in [0.15, 0.2) is 0 Å². The van der Waals surface area contributed by atoms with Gasteiger partial charge in [-0.05, 0) is 30.0 Å². The van der Waals surface area contributed by atoms with Crippen LogP contribution in [-0.4, -0.2) is 0 Å². The van der Waals surface area contributed by atoms with Gasteiger partial charge in [-0.2, -0.15) is 0 Å². The van der Waals surface area contributed by atoms with E-state index in [1.54, 1.807) is 18.2 Å². The normalized spacial score (nSPS) is 7.92. The highest BCUT2D eigenvalue weighted by Crippen LogP contribution is 2.13. The quantitative estimate of drug-likeness (QED) is 0.432. The summed E-state index contributed by atoms with van der Waals surface area (Å²) in [6, 6.07) is 5.13. The highest BCUT2D eigenvalue weighted by Gasteiger charge is 1.93. The summed E-state index contributed by atoms with van der Waals surface area (Å²) in [5, 5.41) is 0. The molecule has 58 valence electrons. The molecule has 1 aromatic carbocycles. The zero-order valence-electron chi connectivity index (χ0n) is 6.46. The second kappa shape index (κ2) is 3.37. The summed E-state index contributed by atoms with van der Waals surface area (Å²) in [6.07, 6.45) is 4.97. The second-order valence-electron chi connectivity index (χ2n) is 2.24. The fourth-order valence-electron chi connectivity index (χ4n) is 0.798. The van der Waals surface area contributed by atoms with E-state index < -0.39 is 0 Å². The molecular weight excluding hydrogens is 148 g/mol. The topological polar surface area (TPSA) is 52.0 Å². The Bertz CT molecular complexity index is 389. The molecule has 0 aliphatic rings. The first-order valence-corrected chi connectivity index (χ1v) is 3.35. The molecule has 1 rings (SSSR count). The van der Waals surface area contributed by atoms with E-state index in [1.807, 2.05) is 0 Å². The van der Waals surface area contributed by atoms with Gasteiger partial charge in [-0.3, -0.25) is 0 Å². The molecule has 0 amide bonds. The highest BCUT2D eigenvalue weighted by molar-refractivity contribution is 5.62. The van der Waals surface area contributed by atoms with Crippen LogP contribution in [0.4, 0.5) is 11.4 Å². The molecule has 0 radical (unpaired) electrons. The van der Waals surface area contributed by atoms with Gasteiger partial charge in [0.05, 0.1) is 0 Å². The monoisotopic (exact) mass is 156 g/mol. The van der Waals surface area contributed by atoms with E-state index in [0.717, 1.165) is 0 Å². The first-order chi connectivity index (χ1) is 5.74. The molecule has 4 N–H and O–H groups in total. The standard InChI is InChI=1S/C10H8N2/c1-2-3-4-8-5-6-9(11)7-10(8)12/h1,5-7H,11-12H2. The summed E-state index contributed by atoms with van der Waals surface area (Å²) in [7, 11) is 0. The molecular formula is C10H8N2. The highest BCUT2D eigenvalue weighted by atomic mass is 14.6. The molecule has 12 heavy (non-hydrogen) atoms. The van der Waals surface area contributed by atoms with Crippen molar-refractivity contribution in [3.63, 3.8) is 0 Å². The number of hydrogen-bond donors (Lipinski definition) is 2. The zero-order valence-corrected chi connectivity index (χ0v) is 6.46. The van der Waals surface area contributed by atoms with Gasteiger partial charge in [-0.15, -0.1) is 6.42 Å². The number of nitrogens with two attached hydrogens (primary N) is 2. The molecule has 0 atom stereocenters. The van der Waals surface area contributed by atoms with Crippen molar-refractivity contribution in [3.8, 4) is 24.2 Å². The Morgan fingerprint density at radius 1 is 1.25 bits per heavy atom. The molecule has 0 aliphatic carbocycles. The van der Waals surface area contributed by atoms with Gasteiger partial charge in [-0.25, -0.2) is 0 Å². The van der Waals surface area contributed by atoms with Gasteiger partial charge in [0.1, 0.15) is 0 Å². The molecule has 0 saturated carbocycles. The van der Waals surface area contributed by atoms with Gasteiger partial charge in [0, 0.05) is 16.9 Å². The lowest BCUT2D eigenvalue weighted by molar-refractivity contribution is 1.62. The maximum absolute atomic E-state index is 5.61. The van der Waals surface area contributed by atoms with Gasteiger partial charge < -0.3 is 11.5 Å². The molecule has 0 bridgehead atoms. The lowest BCUT2D eigenvalue weighted by Gasteiger charge is -1.98. The van der Waals surface area contributed by atoms with Crippen LogP contribution in [0, 0.1) is 24.2 Å². The molecule has 2 heteroatoms. The molecule has 0 unspecified atom stereocenters. The molecule has 0 fully saturated rings. The van der Waals surface area contributed by atoms with Crippen molar-refractivity contribution in [2.45, 2.75) is 0 Å². The maximum atomic E-state index is 5.61. The lowest BCUT2D eigenvalue weighted by atomic mass is 10.1.